The first-order chi connectivity index (χ1) is 12.2. The standard InChI is InChI=1S/C16H11F3N4O3/c17-16(18,19)15-21-11-3-1-2-4-12(11)22(15)8-10-6-5-9(14(20)24)7-13(10)23(25)26/h1-7H,8H2,(H2,20,24). The summed E-state index contributed by atoms with van der Waals surface area (Å²) in [5.41, 5.74) is 4.80. The summed E-state index contributed by atoms with van der Waals surface area (Å²) >= 11 is 0. The molecule has 0 aliphatic carbocycles. The van der Waals surface area contributed by atoms with Gasteiger partial charge < -0.3 is 10.3 Å². The fourth-order valence-corrected chi connectivity index (χ4v) is 2.64. The molecule has 10 heteroatoms. The second kappa shape index (κ2) is 6.14. The first-order valence-corrected chi connectivity index (χ1v) is 7.28. The zero-order valence-electron chi connectivity index (χ0n) is 13.0. The first-order valence-electron chi connectivity index (χ1n) is 7.28. The summed E-state index contributed by atoms with van der Waals surface area (Å²) in [7, 11) is 0. The van der Waals surface area contributed by atoms with E-state index in [1.54, 1.807) is 12.1 Å². The molecule has 7 nitrogen and oxygen atoms in total. The van der Waals surface area contributed by atoms with Gasteiger partial charge in [-0.15, -0.1) is 0 Å². The Kier molecular flexibility index (Phi) is 4.10. The van der Waals surface area contributed by atoms with Crippen LogP contribution in [0.5, 0.6) is 0 Å². The molecular weight excluding hydrogens is 353 g/mol. The molecule has 1 aromatic heterocycles. The van der Waals surface area contributed by atoms with Gasteiger partial charge in [0.25, 0.3) is 5.69 Å². The third-order valence-corrected chi connectivity index (χ3v) is 3.80. The highest BCUT2D eigenvalue weighted by Crippen LogP contribution is 2.33. The maximum atomic E-state index is 13.3. The Morgan fingerprint density at radius 2 is 1.92 bits per heavy atom. The van der Waals surface area contributed by atoms with Gasteiger partial charge in [0.2, 0.25) is 11.7 Å². The minimum absolute atomic E-state index is 0.00588. The number of carbonyl (C=O) groups is 1. The van der Waals surface area contributed by atoms with Crippen LogP contribution in [0, 0.1) is 10.1 Å². The zero-order valence-corrected chi connectivity index (χ0v) is 13.0. The molecule has 1 amide bonds. The van der Waals surface area contributed by atoms with Gasteiger partial charge in [0.05, 0.1) is 22.5 Å². The van der Waals surface area contributed by atoms with E-state index < -0.39 is 35.1 Å². The molecule has 3 rings (SSSR count). The predicted molar refractivity (Wildman–Crippen MR) is 85.5 cm³/mol. The number of nitro groups is 1. The van der Waals surface area contributed by atoms with Crippen molar-refractivity contribution in [2.75, 3.05) is 0 Å². The highest BCUT2D eigenvalue weighted by atomic mass is 19.4. The number of amides is 1. The summed E-state index contributed by atoms with van der Waals surface area (Å²) in [6, 6.07) is 9.36. The maximum Gasteiger partial charge on any atom is 0.449 e. The van der Waals surface area contributed by atoms with E-state index in [1.165, 1.54) is 24.3 Å². The Balaban J connectivity index is 2.18. The number of alkyl halides is 3. The number of carbonyl (C=O) groups excluding carboxylic acids is 1. The largest absolute Gasteiger partial charge is 0.449 e. The number of hydrogen-bond donors (Lipinski definition) is 1. The second-order valence-corrected chi connectivity index (χ2v) is 5.47. The zero-order chi connectivity index (χ0) is 19.1. The summed E-state index contributed by atoms with van der Waals surface area (Å²) in [4.78, 5) is 25.3. The average molecular weight is 364 g/mol. The van der Waals surface area contributed by atoms with Gasteiger partial charge in [0.1, 0.15) is 0 Å². The summed E-state index contributed by atoms with van der Waals surface area (Å²) in [5, 5.41) is 11.3. The van der Waals surface area contributed by atoms with Gasteiger partial charge in [-0.3, -0.25) is 14.9 Å². The van der Waals surface area contributed by atoms with Gasteiger partial charge in [-0.05, 0) is 24.3 Å². The summed E-state index contributed by atoms with van der Waals surface area (Å²) < 4.78 is 40.9. The van der Waals surface area contributed by atoms with Crippen LogP contribution in [-0.4, -0.2) is 20.4 Å². The topological polar surface area (TPSA) is 104 Å². The molecule has 0 radical (unpaired) electrons. The number of nitrogens with two attached hydrogens (primary N) is 1. The van der Waals surface area contributed by atoms with Gasteiger partial charge in [-0.25, -0.2) is 4.98 Å². The van der Waals surface area contributed by atoms with Crippen molar-refractivity contribution in [1.29, 1.82) is 0 Å². The average Bonchev–Trinajstić information content (AvgIpc) is 2.94. The molecule has 0 aliphatic heterocycles. The van der Waals surface area contributed by atoms with Gasteiger partial charge in [0, 0.05) is 17.2 Å². The number of para-hydroxylation sites is 2. The lowest BCUT2D eigenvalue weighted by atomic mass is 10.1. The molecule has 3 aromatic rings. The molecule has 134 valence electrons. The van der Waals surface area contributed by atoms with Crippen molar-refractivity contribution in [2.45, 2.75) is 12.7 Å². The monoisotopic (exact) mass is 364 g/mol. The van der Waals surface area contributed by atoms with Crippen LogP contribution in [0.1, 0.15) is 21.7 Å². The van der Waals surface area contributed by atoms with Crippen LogP contribution in [0.2, 0.25) is 0 Å². The molecule has 2 aromatic carbocycles. The number of nitrogens with zero attached hydrogens (tertiary/aromatic N) is 3. The van der Waals surface area contributed by atoms with Gasteiger partial charge >= 0.3 is 6.18 Å². The predicted octanol–water partition coefficient (Wildman–Crippen LogP) is 3.11. The number of nitro benzene ring substituents is 1. The minimum atomic E-state index is -4.74. The molecule has 0 fully saturated rings. The first kappa shape index (κ1) is 17.4. The summed E-state index contributed by atoms with van der Waals surface area (Å²) in [6.07, 6.45) is -4.74. The lowest BCUT2D eigenvalue weighted by Crippen LogP contribution is -2.17. The van der Waals surface area contributed by atoms with Crippen molar-refractivity contribution in [3.8, 4) is 0 Å². The Morgan fingerprint density at radius 1 is 1.23 bits per heavy atom. The van der Waals surface area contributed by atoms with E-state index in [2.05, 4.69) is 4.98 Å². The van der Waals surface area contributed by atoms with Crippen molar-refractivity contribution in [3.63, 3.8) is 0 Å². The van der Waals surface area contributed by atoms with Crippen molar-refractivity contribution in [1.82, 2.24) is 9.55 Å². The SMILES string of the molecule is NC(=O)c1ccc(Cn2c(C(F)(F)F)nc3ccccc32)c([N+](=O)[O-])c1. The molecule has 0 aliphatic rings. The van der Waals surface area contributed by atoms with Crippen molar-refractivity contribution < 1.29 is 22.9 Å². The molecule has 0 unspecified atom stereocenters. The normalized spacial score (nSPS) is 11.7. The van der Waals surface area contributed by atoms with Crippen LogP contribution in [0.25, 0.3) is 11.0 Å². The number of hydrogen-bond acceptors (Lipinski definition) is 4. The molecule has 0 spiro atoms. The van der Waals surface area contributed by atoms with Crippen LogP contribution in [0.4, 0.5) is 18.9 Å². The van der Waals surface area contributed by atoms with Crippen molar-refractivity contribution >= 4 is 22.6 Å². The number of rotatable bonds is 4. The van der Waals surface area contributed by atoms with Crippen LogP contribution in [0.15, 0.2) is 42.5 Å². The highest BCUT2D eigenvalue weighted by molar-refractivity contribution is 5.93. The van der Waals surface area contributed by atoms with E-state index in [-0.39, 0.29) is 22.2 Å². The van der Waals surface area contributed by atoms with E-state index in [0.717, 1.165) is 10.6 Å². The molecular formula is C16H11F3N4O3. The molecule has 0 saturated carbocycles. The van der Waals surface area contributed by atoms with Crippen LogP contribution < -0.4 is 5.73 Å². The fourth-order valence-electron chi connectivity index (χ4n) is 2.64. The van der Waals surface area contributed by atoms with E-state index in [1.807, 2.05) is 0 Å². The summed E-state index contributed by atoms with van der Waals surface area (Å²) in [5.74, 6) is -2.03. The Morgan fingerprint density at radius 3 is 2.54 bits per heavy atom. The van der Waals surface area contributed by atoms with E-state index in [0.29, 0.717) is 0 Å². The Bertz CT molecular complexity index is 1030. The number of imidazole rings is 1. The molecule has 1 heterocycles. The third-order valence-electron chi connectivity index (χ3n) is 3.80. The molecule has 0 saturated heterocycles. The quantitative estimate of drug-likeness (QED) is 0.567. The number of aromatic nitrogens is 2. The van der Waals surface area contributed by atoms with E-state index in [9.17, 15) is 28.1 Å². The van der Waals surface area contributed by atoms with Gasteiger partial charge in [0.15, 0.2) is 0 Å². The minimum Gasteiger partial charge on any atom is -0.366 e. The lowest BCUT2D eigenvalue weighted by Gasteiger charge is -2.12. The Labute approximate surface area is 144 Å². The molecule has 0 bridgehead atoms. The number of fused-ring (bicyclic) bond motifs is 1. The smallest absolute Gasteiger partial charge is 0.366 e. The number of primary amides is 1. The Hall–Kier alpha value is -3.43. The van der Waals surface area contributed by atoms with Crippen LogP contribution >= 0.6 is 0 Å². The molecule has 26 heavy (non-hydrogen) atoms. The summed E-state index contributed by atoms with van der Waals surface area (Å²) in [6.45, 7) is -0.440. The number of benzene rings is 2. The van der Waals surface area contributed by atoms with Crippen LogP contribution in [-0.2, 0) is 12.7 Å². The highest BCUT2D eigenvalue weighted by Gasteiger charge is 2.38. The lowest BCUT2D eigenvalue weighted by molar-refractivity contribution is -0.385. The third kappa shape index (κ3) is 3.08. The van der Waals surface area contributed by atoms with Crippen LogP contribution in [0.3, 0.4) is 0 Å². The fraction of sp³-hybridized carbons (Fsp3) is 0.125. The van der Waals surface area contributed by atoms with Gasteiger partial charge in [-0.1, -0.05) is 12.1 Å². The van der Waals surface area contributed by atoms with E-state index in [4.69, 9.17) is 5.73 Å². The molecule has 0 atom stereocenters. The number of halogens is 3. The van der Waals surface area contributed by atoms with E-state index >= 15 is 0 Å². The van der Waals surface area contributed by atoms with Gasteiger partial charge in [-0.2, -0.15) is 13.2 Å². The van der Waals surface area contributed by atoms with Crippen molar-refractivity contribution in [2.24, 2.45) is 5.73 Å². The maximum absolute atomic E-state index is 13.3. The second-order valence-electron chi connectivity index (χ2n) is 5.47. The molecule has 2 N–H and O–H groups in total. The van der Waals surface area contributed by atoms with Crippen molar-refractivity contribution in [3.05, 3.63) is 69.5 Å².